The third-order valence-corrected chi connectivity index (χ3v) is 4.72. The average Bonchev–Trinajstić information content (AvgIpc) is 2.63. The van der Waals surface area contributed by atoms with E-state index in [9.17, 15) is 9.59 Å². The van der Waals surface area contributed by atoms with E-state index in [0.717, 1.165) is 11.1 Å². The summed E-state index contributed by atoms with van der Waals surface area (Å²) in [6, 6.07) is 15.5. The van der Waals surface area contributed by atoms with Crippen molar-refractivity contribution in [1.82, 2.24) is 0 Å². The highest BCUT2D eigenvalue weighted by molar-refractivity contribution is 5.92. The van der Waals surface area contributed by atoms with Crippen LogP contribution in [0.5, 0.6) is 0 Å². The SMILES string of the molecule is CC(=O)OC(=C(OC(C)=O)c1ccc(C(C)(C)C)cc1)c1ccc(C(C)(C)C)cc1. The summed E-state index contributed by atoms with van der Waals surface area (Å²) in [5, 5.41) is 0. The van der Waals surface area contributed by atoms with Crippen molar-refractivity contribution in [3.63, 3.8) is 0 Å². The van der Waals surface area contributed by atoms with Crippen molar-refractivity contribution < 1.29 is 19.1 Å². The Morgan fingerprint density at radius 1 is 0.567 bits per heavy atom. The molecule has 0 bridgehead atoms. The van der Waals surface area contributed by atoms with Gasteiger partial charge in [0.15, 0.2) is 11.5 Å². The van der Waals surface area contributed by atoms with E-state index in [1.165, 1.54) is 13.8 Å². The molecule has 0 saturated carbocycles. The molecule has 0 aliphatic heterocycles. The molecule has 0 heterocycles. The number of carbonyl (C=O) groups is 2. The summed E-state index contributed by atoms with van der Waals surface area (Å²) in [5.41, 5.74) is 3.61. The standard InChI is InChI=1S/C26H32O4/c1-17(27)29-23(19-9-13-21(14-10-19)25(3,4)5)24(30-18(2)28)20-11-15-22(16-12-20)26(6,7)8/h9-16H,1-8H3. The first-order valence-electron chi connectivity index (χ1n) is 10.1. The Hall–Kier alpha value is -2.88. The highest BCUT2D eigenvalue weighted by atomic mass is 16.6. The van der Waals surface area contributed by atoms with Crippen LogP contribution in [0.4, 0.5) is 0 Å². The van der Waals surface area contributed by atoms with E-state index in [1.807, 2.05) is 48.5 Å². The minimum Gasteiger partial charge on any atom is -0.422 e. The van der Waals surface area contributed by atoms with Crippen molar-refractivity contribution in [2.24, 2.45) is 0 Å². The summed E-state index contributed by atoms with van der Waals surface area (Å²) in [6.45, 7) is 15.4. The maximum atomic E-state index is 11.9. The van der Waals surface area contributed by atoms with Crippen molar-refractivity contribution in [1.29, 1.82) is 0 Å². The Labute approximate surface area is 179 Å². The van der Waals surface area contributed by atoms with Crippen molar-refractivity contribution in [2.45, 2.75) is 66.2 Å². The summed E-state index contributed by atoms with van der Waals surface area (Å²) >= 11 is 0. The molecule has 30 heavy (non-hydrogen) atoms. The monoisotopic (exact) mass is 408 g/mol. The van der Waals surface area contributed by atoms with E-state index in [2.05, 4.69) is 41.5 Å². The molecule has 0 radical (unpaired) electrons. The largest absolute Gasteiger partial charge is 0.422 e. The van der Waals surface area contributed by atoms with E-state index in [-0.39, 0.29) is 22.3 Å². The highest BCUT2D eigenvalue weighted by Crippen LogP contribution is 2.32. The van der Waals surface area contributed by atoms with Crippen LogP contribution in [0.3, 0.4) is 0 Å². The fourth-order valence-corrected chi connectivity index (χ4v) is 3.00. The summed E-state index contributed by atoms with van der Waals surface area (Å²) < 4.78 is 11.1. The van der Waals surface area contributed by atoms with Gasteiger partial charge >= 0.3 is 11.9 Å². The Bertz CT molecular complexity index is 855. The zero-order valence-electron chi connectivity index (χ0n) is 19.3. The molecule has 0 fully saturated rings. The lowest BCUT2D eigenvalue weighted by atomic mass is 9.86. The van der Waals surface area contributed by atoms with E-state index >= 15 is 0 Å². The quantitative estimate of drug-likeness (QED) is 0.342. The lowest BCUT2D eigenvalue weighted by molar-refractivity contribution is -0.136. The van der Waals surface area contributed by atoms with Gasteiger partial charge in [0.25, 0.3) is 0 Å². The molecule has 0 N–H and O–H groups in total. The first-order valence-corrected chi connectivity index (χ1v) is 10.1. The first-order chi connectivity index (χ1) is 13.8. The van der Waals surface area contributed by atoms with E-state index in [4.69, 9.17) is 9.47 Å². The lowest BCUT2D eigenvalue weighted by Gasteiger charge is -2.21. The van der Waals surface area contributed by atoms with Gasteiger partial charge in [0.2, 0.25) is 0 Å². The first kappa shape index (κ1) is 23.4. The predicted molar refractivity (Wildman–Crippen MR) is 121 cm³/mol. The van der Waals surface area contributed by atoms with Gasteiger partial charge < -0.3 is 9.47 Å². The van der Waals surface area contributed by atoms with Crippen molar-refractivity contribution in [3.8, 4) is 0 Å². The molecule has 160 valence electrons. The molecular formula is C26H32O4. The molecule has 4 heteroatoms. The third-order valence-electron chi connectivity index (χ3n) is 4.72. The molecule has 0 aromatic heterocycles. The molecule has 2 rings (SSSR count). The number of carbonyl (C=O) groups excluding carboxylic acids is 2. The van der Waals surface area contributed by atoms with Gasteiger partial charge in [-0.25, -0.2) is 0 Å². The molecule has 0 atom stereocenters. The molecule has 0 aliphatic rings. The minimum absolute atomic E-state index is 0.00859. The van der Waals surface area contributed by atoms with Crippen LogP contribution in [0, 0.1) is 0 Å². The molecular weight excluding hydrogens is 376 g/mol. The number of esters is 2. The molecule has 0 spiro atoms. The Morgan fingerprint density at radius 2 is 0.833 bits per heavy atom. The number of rotatable bonds is 4. The highest BCUT2D eigenvalue weighted by Gasteiger charge is 2.21. The molecule has 2 aromatic rings. The van der Waals surface area contributed by atoms with E-state index < -0.39 is 11.9 Å². The maximum Gasteiger partial charge on any atom is 0.308 e. The molecule has 0 amide bonds. The third kappa shape index (κ3) is 6.06. The van der Waals surface area contributed by atoms with Crippen LogP contribution in [0.1, 0.15) is 77.6 Å². The summed E-state index contributed by atoms with van der Waals surface area (Å²) in [4.78, 5) is 23.7. The van der Waals surface area contributed by atoms with Gasteiger partial charge in [-0.15, -0.1) is 0 Å². The molecule has 4 nitrogen and oxygen atoms in total. The summed E-state index contributed by atoms with van der Waals surface area (Å²) in [6.07, 6.45) is 0. The maximum absolute atomic E-state index is 11.9. The van der Waals surface area contributed by atoms with Crippen LogP contribution in [0.2, 0.25) is 0 Å². The van der Waals surface area contributed by atoms with Crippen molar-refractivity contribution >= 4 is 23.5 Å². The van der Waals surface area contributed by atoms with E-state index in [0.29, 0.717) is 11.1 Å². The number of hydrogen-bond acceptors (Lipinski definition) is 4. The fraction of sp³-hybridized carbons (Fsp3) is 0.385. The minimum atomic E-state index is -0.485. The molecule has 0 saturated heterocycles. The van der Waals surface area contributed by atoms with Crippen molar-refractivity contribution in [3.05, 3.63) is 70.8 Å². The predicted octanol–water partition coefficient (Wildman–Crippen LogP) is 6.23. The summed E-state index contributed by atoms with van der Waals surface area (Å²) in [5.74, 6) is -0.523. The smallest absolute Gasteiger partial charge is 0.308 e. The van der Waals surface area contributed by atoms with Gasteiger partial charge in [0, 0.05) is 25.0 Å². The molecule has 0 aliphatic carbocycles. The van der Waals surface area contributed by atoms with Crippen LogP contribution < -0.4 is 0 Å². The van der Waals surface area contributed by atoms with Crippen LogP contribution in [0.25, 0.3) is 11.5 Å². The number of ether oxygens (including phenoxy) is 2. The number of hydrogen-bond donors (Lipinski definition) is 0. The van der Waals surface area contributed by atoms with Crippen LogP contribution in [0.15, 0.2) is 48.5 Å². The summed E-state index contributed by atoms with van der Waals surface area (Å²) in [7, 11) is 0. The zero-order chi connectivity index (χ0) is 22.7. The van der Waals surface area contributed by atoms with Crippen LogP contribution >= 0.6 is 0 Å². The lowest BCUT2D eigenvalue weighted by Crippen LogP contribution is -2.12. The zero-order valence-corrected chi connectivity index (χ0v) is 19.3. The molecule has 0 unspecified atom stereocenters. The Kier molecular flexibility index (Phi) is 6.91. The Morgan fingerprint density at radius 3 is 1.03 bits per heavy atom. The second-order valence-electron chi connectivity index (χ2n) is 9.50. The van der Waals surface area contributed by atoms with Crippen molar-refractivity contribution in [2.75, 3.05) is 0 Å². The normalized spacial score (nSPS) is 12.8. The van der Waals surface area contributed by atoms with Gasteiger partial charge in [-0.1, -0.05) is 90.1 Å². The molecule has 2 aromatic carbocycles. The Balaban J connectivity index is 2.66. The van der Waals surface area contributed by atoms with Gasteiger partial charge in [0.05, 0.1) is 0 Å². The second-order valence-corrected chi connectivity index (χ2v) is 9.50. The van der Waals surface area contributed by atoms with Crippen LogP contribution in [-0.4, -0.2) is 11.9 Å². The second kappa shape index (κ2) is 8.86. The van der Waals surface area contributed by atoms with E-state index in [1.54, 1.807) is 0 Å². The topological polar surface area (TPSA) is 52.6 Å². The van der Waals surface area contributed by atoms with Gasteiger partial charge in [0.1, 0.15) is 0 Å². The van der Waals surface area contributed by atoms with Gasteiger partial charge in [-0.3, -0.25) is 9.59 Å². The fourth-order valence-electron chi connectivity index (χ4n) is 3.00. The number of benzene rings is 2. The van der Waals surface area contributed by atoms with Crippen LogP contribution in [-0.2, 0) is 29.9 Å². The van der Waals surface area contributed by atoms with Gasteiger partial charge in [-0.2, -0.15) is 0 Å². The van der Waals surface area contributed by atoms with Gasteiger partial charge in [-0.05, 0) is 22.0 Å². The average molecular weight is 409 g/mol.